The van der Waals surface area contributed by atoms with E-state index in [4.69, 9.17) is 18.6 Å². The lowest BCUT2D eigenvalue weighted by atomic mass is 9.49. The van der Waals surface area contributed by atoms with Gasteiger partial charge in [-0.15, -0.1) is 0 Å². The van der Waals surface area contributed by atoms with Crippen LogP contribution in [-0.4, -0.2) is 123 Å². The average Bonchev–Trinajstić information content (AvgIpc) is 3.26. The molecule has 4 aliphatic heterocycles. The summed E-state index contributed by atoms with van der Waals surface area (Å²) in [7, 11) is 3.74. The van der Waals surface area contributed by atoms with Crippen LogP contribution in [0.4, 0.5) is 0 Å². The van der Waals surface area contributed by atoms with Gasteiger partial charge in [0.2, 0.25) is 0 Å². The Hall–Kier alpha value is -2.15. The second-order valence-corrected chi connectivity index (χ2v) is 7.39. The largest absolute Gasteiger partial charge is 0.489 e. The number of carbonyl (C=O) groups is 4. The molecule has 14 heteroatoms. The van der Waals surface area contributed by atoms with Gasteiger partial charge in [0, 0.05) is 28.2 Å². The van der Waals surface area contributed by atoms with Crippen LogP contribution in [0.25, 0.3) is 0 Å². The summed E-state index contributed by atoms with van der Waals surface area (Å²) in [5.41, 5.74) is 0. The van der Waals surface area contributed by atoms with Gasteiger partial charge in [0.15, 0.2) is 24.4 Å². The Labute approximate surface area is 161 Å². The van der Waals surface area contributed by atoms with E-state index in [1.54, 1.807) is 28.2 Å². The lowest BCUT2D eigenvalue weighted by Gasteiger charge is -2.22. The zero-order chi connectivity index (χ0) is 20.3. The molecule has 0 unspecified atom stereocenters. The predicted octanol–water partition coefficient (Wildman–Crippen LogP) is -3.61. The summed E-state index contributed by atoms with van der Waals surface area (Å²) in [5.74, 6) is -1.65. The van der Waals surface area contributed by atoms with Gasteiger partial charge in [0.05, 0.1) is 13.3 Å². The molecule has 0 saturated carbocycles. The average molecular weight is 394 g/mol. The van der Waals surface area contributed by atoms with Crippen molar-refractivity contribution in [3.63, 3.8) is 0 Å². The third-order valence-corrected chi connectivity index (χ3v) is 5.22. The number of hydrogen-bond acceptors (Lipinski definition) is 8. The van der Waals surface area contributed by atoms with Gasteiger partial charge >= 0.3 is 14.0 Å². The highest BCUT2D eigenvalue weighted by Gasteiger charge is 2.62. The molecule has 12 nitrogen and oxygen atoms in total. The van der Waals surface area contributed by atoms with Crippen LogP contribution in [0.2, 0.25) is 0 Å². The minimum Gasteiger partial charge on any atom is -0.399 e. The van der Waals surface area contributed by atoms with Crippen LogP contribution in [0.15, 0.2) is 0 Å². The maximum Gasteiger partial charge on any atom is 0.489 e. The lowest BCUT2D eigenvalue weighted by molar-refractivity contribution is -0.140. The molecule has 4 aliphatic rings. The van der Waals surface area contributed by atoms with Crippen molar-refractivity contribution in [1.82, 2.24) is 19.6 Å². The molecular weight excluding hydrogens is 374 g/mol. The Balaban J connectivity index is 1.54. The molecule has 0 spiro atoms. The summed E-state index contributed by atoms with van der Waals surface area (Å²) in [6, 6.07) is 0. The summed E-state index contributed by atoms with van der Waals surface area (Å²) in [5, 5.41) is 0. The molecule has 150 valence electrons. The number of hydrogen-bond donors (Lipinski definition) is 0. The zero-order valence-corrected chi connectivity index (χ0v) is 15.9. The highest BCUT2D eigenvalue weighted by Crippen LogP contribution is 2.30. The smallest absolute Gasteiger partial charge is 0.399 e. The maximum atomic E-state index is 12.5. The van der Waals surface area contributed by atoms with Crippen molar-refractivity contribution in [3.05, 3.63) is 0 Å². The van der Waals surface area contributed by atoms with Gasteiger partial charge < -0.3 is 38.2 Å². The van der Waals surface area contributed by atoms with Crippen molar-refractivity contribution in [1.29, 1.82) is 0 Å². The van der Waals surface area contributed by atoms with Crippen molar-refractivity contribution in [2.24, 2.45) is 0 Å². The molecule has 4 fully saturated rings. The van der Waals surface area contributed by atoms with Crippen molar-refractivity contribution in [2.45, 2.75) is 24.4 Å². The fourth-order valence-corrected chi connectivity index (χ4v) is 3.72. The first-order chi connectivity index (χ1) is 13.2. The normalized spacial score (nSPS) is 34.1. The molecule has 0 radical (unpaired) electrons. The van der Waals surface area contributed by atoms with E-state index < -0.39 is 62.1 Å². The number of rotatable bonds is 1. The number of carbonyl (C=O) groups excluding carboxylic acids is 4. The van der Waals surface area contributed by atoms with Gasteiger partial charge in [-0.05, 0) is 0 Å². The third-order valence-electron chi connectivity index (χ3n) is 5.22. The molecular formula is C14H20B2N4O8. The first kappa shape index (κ1) is 19.2. The minimum atomic E-state index is -1.23. The summed E-state index contributed by atoms with van der Waals surface area (Å²) in [6.45, 7) is 0.231. The van der Waals surface area contributed by atoms with Gasteiger partial charge in [0.1, 0.15) is 0 Å². The molecule has 0 aromatic heterocycles. The predicted molar refractivity (Wildman–Crippen MR) is 91.8 cm³/mol. The SMILES string of the molecule is CN1CN(C)C(=O)[C@H]2OB(B3O[C@@H]4C(=O)N(C)CN(C)C(=O)[C@H]4O3)O[C@@H]2C1=O. The molecule has 4 rings (SSSR count). The topological polar surface area (TPSA) is 118 Å². The van der Waals surface area contributed by atoms with E-state index >= 15 is 0 Å². The maximum absolute atomic E-state index is 12.5. The quantitative estimate of drug-likeness (QED) is 0.419. The molecule has 4 atom stereocenters. The molecule has 0 bridgehead atoms. The monoisotopic (exact) mass is 394 g/mol. The molecule has 0 aliphatic carbocycles. The second kappa shape index (κ2) is 6.72. The highest BCUT2D eigenvalue weighted by atomic mass is 16.7. The van der Waals surface area contributed by atoms with Gasteiger partial charge in [-0.25, -0.2) is 0 Å². The van der Waals surface area contributed by atoms with Crippen LogP contribution in [0, 0.1) is 0 Å². The van der Waals surface area contributed by atoms with Crippen LogP contribution < -0.4 is 0 Å². The summed E-state index contributed by atoms with van der Waals surface area (Å²) >= 11 is 0. The molecule has 4 amide bonds. The van der Waals surface area contributed by atoms with E-state index in [1.165, 1.54) is 19.6 Å². The molecule has 4 saturated heterocycles. The van der Waals surface area contributed by atoms with Crippen LogP contribution in [0.1, 0.15) is 0 Å². The first-order valence-electron chi connectivity index (χ1n) is 8.81. The summed E-state index contributed by atoms with van der Waals surface area (Å²) in [6.07, 6.45) is -4.60. The zero-order valence-electron chi connectivity index (χ0n) is 15.9. The Morgan fingerprint density at radius 1 is 0.571 bits per heavy atom. The lowest BCUT2D eigenvalue weighted by Crippen LogP contribution is -2.46. The van der Waals surface area contributed by atoms with Crippen LogP contribution in [0.5, 0.6) is 0 Å². The van der Waals surface area contributed by atoms with Crippen molar-refractivity contribution < 1.29 is 37.8 Å². The van der Waals surface area contributed by atoms with Gasteiger partial charge in [-0.2, -0.15) is 0 Å². The number of fused-ring (bicyclic) bond motifs is 2. The van der Waals surface area contributed by atoms with E-state index in [-0.39, 0.29) is 13.3 Å². The molecule has 4 heterocycles. The fourth-order valence-electron chi connectivity index (χ4n) is 3.72. The Morgan fingerprint density at radius 2 is 0.786 bits per heavy atom. The first-order valence-corrected chi connectivity index (χ1v) is 8.81. The van der Waals surface area contributed by atoms with E-state index in [2.05, 4.69) is 0 Å². The van der Waals surface area contributed by atoms with Crippen LogP contribution in [0.3, 0.4) is 0 Å². The number of amides is 4. The number of nitrogens with zero attached hydrogens (tertiary/aromatic N) is 4. The molecule has 0 aromatic rings. The van der Waals surface area contributed by atoms with E-state index in [1.807, 2.05) is 0 Å². The Morgan fingerprint density at radius 3 is 1.00 bits per heavy atom. The van der Waals surface area contributed by atoms with Crippen molar-refractivity contribution in [2.75, 3.05) is 41.5 Å². The second-order valence-electron chi connectivity index (χ2n) is 7.39. The van der Waals surface area contributed by atoms with Crippen LogP contribution in [-0.2, 0) is 37.8 Å². The van der Waals surface area contributed by atoms with Gasteiger partial charge in [-0.1, -0.05) is 0 Å². The van der Waals surface area contributed by atoms with E-state index in [9.17, 15) is 19.2 Å². The standard InChI is InChI=1S/C14H20B2N4O8/c1-17-5-18(2)12(22)8-7(11(17)21)25-15(26-8)16-27-9-10(28-16)14(24)20(4)6-19(3)13(9)23/h7-10H,5-6H2,1-4H3/t7-,8-,9-,10-/m0/s1. The molecule has 28 heavy (non-hydrogen) atoms. The van der Waals surface area contributed by atoms with Crippen molar-refractivity contribution in [3.8, 4) is 0 Å². The highest BCUT2D eigenvalue weighted by molar-refractivity contribution is 7.11. The van der Waals surface area contributed by atoms with E-state index in [0.29, 0.717) is 0 Å². The summed E-state index contributed by atoms with van der Waals surface area (Å²) < 4.78 is 22.5. The molecule has 0 N–H and O–H groups in total. The van der Waals surface area contributed by atoms with E-state index in [0.717, 1.165) is 0 Å². The fraction of sp³-hybridized carbons (Fsp3) is 0.714. The Bertz CT molecular complexity index is 624. The van der Waals surface area contributed by atoms with Gasteiger partial charge in [0.25, 0.3) is 23.6 Å². The summed E-state index contributed by atoms with van der Waals surface area (Å²) in [4.78, 5) is 55.4. The van der Waals surface area contributed by atoms with Crippen molar-refractivity contribution >= 4 is 37.6 Å². The minimum absolute atomic E-state index is 0.115. The third kappa shape index (κ3) is 2.87. The number of likely N-dealkylation sites (N-methyl/N-ethyl adjacent to an activating group) is 4. The molecule has 0 aromatic carbocycles. The van der Waals surface area contributed by atoms with Gasteiger partial charge in [-0.3, -0.25) is 19.2 Å². The Kier molecular flexibility index (Phi) is 4.61. The van der Waals surface area contributed by atoms with Crippen LogP contribution >= 0.6 is 0 Å².